The molecule has 3 heteroatoms. The summed E-state index contributed by atoms with van der Waals surface area (Å²) >= 11 is 0. The largest absolute Gasteiger partial charge is 0.344 e. The Morgan fingerprint density at radius 3 is 1.40 bits per heavy atom. The minimum atomic E-state index is -0.664. The molecule has 0 radical (unpaired) electrons. The van der Waals surface area contributed by atoms with Crippen LogP contribution in [0.5, 0.6) is 0 Å². The number of aryl methyl sites for hydroxylation is 1. The van der Waals surface area contributed by atoms with E-state index in [0.717, 1.165) is 34.1 Å². The van der Waals surface area contributed by atoms with Crippen LogP contribution in [0.4, 0.5) is 34.1 Å². The normalized spacial score (nSPS) is 12.7. The Balaban J connectivity index is 1.18. The van der Waals surface area contributed by atoms with E-state index < -0.39 is 5.41 Å². The van der Waals surface area contributed by atoms with E-state index in [0.29, 0.717) is 0 Å². The molecule has 3 nitrogen and oxygen atoms in total. The molecular formula is C60H43N3. The van der Waals surface area contributed by atoms with Crippen LogP contribution in [0, 0.1) is 0 Å². The zero-order valence-corrected chi connectivity index (χ0v) is 34.9. The van der Waals surface area contributed by atoms with Gasteiger partial charge < -0.3 is 14.4 Å². The second kappa shape index (κ2) is 14.8. The summed E-state index contributed by atoms with van der Waals surface area (Å²) in [7, 11) is 2.18. The van der Waals surface area contributed by atoms with Gasteiger partial charge in [-0.05, 0) is 112 Å². The van der Waals surface area contributed by atoms with Crippen molar-refractivity contribution in [3.63, 3.8) is 0 Å². The summed E-state index contributed by atoms with van der Waals surface area (Å²) in [6.45, 7) is 0. The number of benzene rings is 10. The van der Waals surface area contributed by atoms with Crippen LogP contribution in [0.2, 0.25) is 0 Å². The Bertz CT molecular complexity index is 3370. The van der Waals surface area contributed by atoms with Crippen molar-refractivity contribution in [2.45, 2.75) is 5.41 Å². The maximum atomic E-state index is 2.52. The number of fused-ring (bicyclic) bond motifs is 8. The summed E-state index contributed by atoms with van der Waals surface area (Å²) < 4.78 is 2.33. The van der Waals surface area contributed by atoms with Gasteiger partial charge in [-0.15, -0.1) is 0 Å². The Morgan fingerprint density at radius 2 is 0.794 bits per heavy atom. The van der Waals surface area contributed by atoms with Gasteiger partial charge >= 0.3 is 0 Å². The lowest BCUT2D eigenvalue weighted by Crippen LogP contribution is -2.29. The lowest BCUT2D eigenvalue weighted by molar-refractivity contribution is 0.769. The fraction of sp³-hybridized carbons (Fsp3) is 0.0333. The molecule has 0 aliphatic heterocycles. The summed E-state index contributed by atoms with van der Waals surface area (Å²) in [5, 5.41) is 4.94. The maximum absolute atomic E-state index is 2.52. The highest BCUT2D eigenvalue weighted by Gasteiger charge is 2.48. The van der Waals surface area contributed by atoms with E-state index >= 15 is 0 Å². The Morgan fingerprint density at radius 1 is 0.333 bits per heavy atom. The van der Waals surface area contributed by atoms with Crippen LogP contribution in [-0.4, -0.2) is 4.57 Å². The molecule has 12 rings (SSSR count). The molecular weight excluding hydrogens is 763 g/mol. The lowest BCUT2D eigenvalue weighted by Gasteiger charge is -2.36. The van der Waals surface area contributed by atoms with Crippen molar-refractivity contribution in [2.24, 2.45) is 7.05 Å². The van der Waals surface area contributed by atoms with Crippen molar-refractivity contribution in [3.05, 3.63) is 265 Å². The van der Waals surface area contributed by atoms with Crippen molar-refractivity contribution in [3.8, 4) is 11.1 Å². The topological polar surface area (TPSA) is 11.4 Å². The zero-order chi connectivity index (χ0) is 41.9. The molecule has 0 saturated carbocycles. The first-order valence-electron chi connectivity index (χ1n) is 21.7. The molecule has 0 spiro atoms. The Labute approximate surface area is 368 Å². The molecule has 0 unspecified atom stereocenters. The molecule has 63 heavy (non-hydrogen) atoms. The fourth-order valence-corrected chi connectivity index (χ4v) is 10.5. The van der Waals surface area contributed by atoms with Gasteiger partial charge in [-0.1, -0.05) is 170 Å². The number of aromatic nitrogens is 1. The van der Waals surface area contributed by atoms with Crippen molar-refractivity contribution in [2.75, 3.05) is 9.80 Å². The van der Waals surface area contributed by atoms with E-state index in [1.54, 1.807) is 0 Å². The molecule has 0 atom stereocenters. The SMILES string of the molecule is Cn1c2ccccc2c2ccc(N(c3ccccc3)c3cc4c(c5ccccc35)-c3ccc(N(c5ccccc5)c5ccccc5)cc3C4(c3ccccc3)c3ccccc3)cc21. The van der Waals surface area contributed by atoms with E-state index in [-0.39, 0.29) is 0 Å². The predicted octanol–water partition coefficient (Wildman–Crippen LogP) is 15.8. The molecule has 0 N–H and O–H groups in total. The molecule has 1 aromatic heterocycles. The third kappa shape index (κ3) is 5.67. The predicted molar refractivity (Wildman–Crippen MR) is 265 cm³/mol. The van der Waals surface area contributed by atoms with Gasteiger partial charge in [0.05, 0.1) is 16.6 Å². The van der Waals surface area contributed by atoms with Gasteiger partial charge in [0.1, 0.15) is 0 Å². The highest BCUT2D eigenvalue weighted by Crippen LogP contribution is 2.60. The number of hydrogen-bond acceptors (Lipinski definition) is 2. The number of rotatable bonds is 8. The fourth-order valence-electron chi connectivity index (χ4n) is 10.5. The van der Waals surface area contributed by atoms with E-state index in [4.69, 9.17) is 0 Å². The lowest BCUT2D eigenvalue weighted by atomic mass is 9.67. The second-order valence-corrected chi connectivity index (χ2v) is 16.5. The summed E-state index contributed by atoms with van der Waals surface area (Å²) in [6.07, 6.45) is 0. The molecule has 0 saturated heterocycles. The molecule has 1 aliphatic rings. The smallest absolute Gasteiger partial charge is 0.0715 e. The maximum Gasteiger partial charge on any atom is 0.0715 e. The number of anilines is 6. The quantitative estimate of drug-likeness (QED) is 0.152. The van der Waals surface area contributed by atoms with Crippen molar-refractivity contribution in [1.29, 1.82) is 0 Å². The van der Waals surface area contributed by atoms with Gasteiger partial charge in [0.15, 0.2) is 0 Å². The summed E-state index contributed by atoms with van der Waals surface area (Å²) in [4.78, 5) is 4.86. The minimum Gasteiger partial charge on any atom is -0.344 e. The second-order valence-electron chi connectivity index (χ2n) is 16.5. The third-order valence-electron chi connectivity index (χ3n) is 13.2. The first kappa shape index (κ1) is 36.7. The average molecular weight is 806 g/mol. The first-order chi connectivity index (χ1) is 31.2. The minimum absolute atomic E-state index is 0.664. The monoisotopic (exact) mass is 805 g/mol. The van der Waals surface area contributed by atoms with Crippen LogP contribution in [-0.2, 0) is 12.5 Å². The van der Waals surface area contributed by atoms with E-state index in [2.05, 4.69) is 264 Å². The van der Waals surface area contributed by atoms with Gasteiger partial charge in [-0.25, -0.2) is 0 Å². The average Bonchev–Trinajstić information content (AvgIpc) is 3.81. The molecule has 1 heterocycles. The highest BCUT2D eigenvalue weighted by molar-refractivity contribution is 6.13. The van der Waals surface area contributed by atoms with Crippen LogP contribution in [0.1, 0.15) is 22.3 Å². The first-order valence-corrected chi connectivity index (χ1v) is 21.7. The van der Waals surface area contributed by atoms with E-state index in [9.17, 15) is 0 Å². The molecule has 10 aromatic carbocycles. The standard InChI is InChI=1S/C60H43N3/c1-61-56-34-20-19-31-49(56)51-37-35-48(40-57(51)61)63(46-29-15-6-16-30-46)58-41-55-59(52-33-18-17-32-50(52)58)53-38-36-47(62(44-25-11-4-12-26-44)45-27-13-5-14-28-45)39-54(53)60(55,42-21-7-2-8-22-42)43-23-9-3-10-24-43/h2-41H,1H3. The van der Waals surface area contributed by atoms with Crippen LogP contribution in [0.15, 0.2) is 243 Å². The molecule has 298 valence electrons. The molecule has 0 fully saturated rings. The highest BCUT2D eigenvalue weighted by atomic mass is 15.2. The molecule has 1 aliphatic carbocycles. The number of hydrogen-bond donors (Lipinski definition) is 0. The zero-order valence-electron chi connectivity index (χ0n) is 34.9. The van der Waals surface area contributed by atoms with Crippen molar-refractivity contribution in [1.82, 2.24) is 4.57 Å². The van der Waals surface area contributed by atoms with Gasteiger partial charge in [-0.2, -0.15) is 0 Å². The van der Waals surface area contributed by atoms with Gasteiger partial charge in [0.25, 0.3) is 0 Å². The van der Waals surface area contributed by atoms with Crippen LogP contribution < -0.4 is 9.80 Å². The summed E-state index contributed by atoms with van der Waals surface area (Å²) in [6, 6.07) is 89.0. The summed E-state index contributed by atoms with van der Waals surface area (Å²) in [5.41, 5.74) is 15.9. The van der Waals surface area contributed by atoms with Crippen LogP contribution in [0.25, 0.3) is 43.7 Å². The Kier molecular flexibility index (Phi) is 8.62. The number of nitrogens with zero attached hydrogens (tertiary/aromatic N) is 3. The number of para-hydroxylation sites is 4. The Hall–Kier alpha value is -8.14. The van der Waals surface area contributed by atoms with E-state index in [1.165, 1.54) is 66.0 Å². The van der Waals surface area contributed by atoms with Crippen molar-refractivity contribution >= 4 is 66.7 Å². The van der Waals surface area contributed by atoms with Crippen LogP contribution >= 0.6 is 0 Å². The van der Waals surface area contributed by atoms with Gasteiger partial charge in [0, 0.05) is 57.2 Å². The van der Waals surface area contributed by atoms with Crippen molar-refractivity contribution < 1.29 is 0 Å². The molecule has 0 amide bonds. The van der Waals surface area contributed by atoms with Gasteiger partial charge in [-0.3, -0.25) is 0 Å². The molecule has 0 bridgehead atoms. The van der Waals surface area contributed by atoms with Crippen LogP contribution in [0.3, 0.4) is 0 Å². The third-order valence-corrected chi connectivity index (χ3v) is 13.2. The van der Waals surface area contributed by atoms with E-state index in [1.807, 2.05) is 0 Å². The van der Waals surface area contributed by atoms with Gasteiger partial charge in [0.2, 0.25) is 0 Å². The summed E-state index contributed by atoms with van der Waals surface area (Å²) in [5.74, 6) is 0. The molecule has 11 aromatic rings.